The van der Waals surface area contributed by atoms with E-state index in [1.54, 1.807) is 38.4 Å². The van der Waals surface area contributed by atoms with Gasteiger partial charge in [-0.05, 0) is 18.2 Å². The topological polar surface area (TPSA) is 99.2 Å². The van der Waals surface area contributed by atoms with Crippen LogP contribution in [0.2, 0.25) is 0 Å². The van der Waals surface area contributed by atoms with E-state index >= 15 is 0 Å². The zero-order valence-corrected chi connectivity index (χ0v) is 16.1. The molecule has 1 heterocycles. The first-order valence-corrected chi connectivity index (χ1v) is 8.59. The Morgan fingerprint density at radius 1 is 1.17 bits per heavy atom. The maximum atomic E-state index is 13.2. The van der Waals surface area contributed by atoms with Crippen molar-refractivity contribution >= 4 is 29.3 Å². The van der Waals surface area contributed by atoms with Crippen LogP contribution >= 0.6 is 0 Å². The summed E-state index contributed by atoms with van der Waals surface area (Å²) in [4.78, 5) is 32.0. The van der Waals surface area contributed by atoms with E-state index in [1.165, 1.54) is 11.8 Å². The Bertz CT molecular complexity index is 886. The number of alkyl halides is 3. The van der Waals surface area contributed by atoms with Crippen molar-refractivity contribution in [2.45, 2.75) is 13.1 Å². The molecule has 0 aliphatic heterocycles. The first-order chi connectivity index (χ1) is 13.6. The van der Waals surface area contributed by atoms with Crippen LogP contribution in [0.5, 0.6) is 0 Å². The Morgan fingerprint density at radius 2 is 1.90 bits per heavy atom. The molecule has 8 nitrogen and oxygen atoms in total. The van der Waals surface area contributed by atoms with E-state index in [1.807, 2.05) is 0 Å². The number of amides is 2. The molecule has 0 bridgehead atoms. The number of hydrogen-bond acceptors (Lipinski definition) is 6. The fourth-order valence-electron chi connectivity index (χ4n) is 2.32. The third kappa shape index (κ3) is 6.33. The van der Waals surface area contributed by atoms with Crippen LogP contribution in [0.4, 0.5) is 30.6 Å². The molecule has 1 aromatic heterocycles. The summed E-state index contributed by atoms with van der Waals surface area (Å²) in [6.07, 6.45) is -3.97. The summed E-state index contributed by atoms with van der Waals surface area (Å²) in [5.41, 5.74) is -0.176. The molecule has 11 heteroatoms. The van der Waals surface area contributed by atoms with E-state index in [0.29, 0.717) is 17.4 Å². The number of carbonyl (C=O) groups excluding carboxylic acids is 2. The predicted octanol–water partition coefficient (Wildman–Crippen LogP) is 2.49. The zero-order valence-electron chi connectivity index (χ0n) is 16.1. The minimum Gasteiger partial charge on any atom is -0.368 e. The zero-order chi connectivity index (χ0) is 21.6. The quantitative estimate of drug-likeness (QED) is 0.607. The van der Waals surface area contributed by atoms with E-state index in [-0.39, 0.29) is 30.9 Å². The smallest absolute Gasteiger partial charge is 0.368 e. The molecule has 0 aliphatic rings. The minimum atomic E-state index is -4.65. The van der Waals surface area contributed by atoms with Gasteiger partial charge in [-0.1, -0.05) is 6.07 Å². The van der Waals surface area contributed by atoms with Gasteiger partial charge in [-0.2, -0.15) is 18.2 Å². The van der Waals surface area contributed by atoms with E-state index in [0.717, 1.165) is 0 Å². The fraction of sp³-hybridized carbons (Fsp3) is 0.333. The van der Waals surface area contributed by atoms with Crippen LogP contribution in [0.3, 0.4) is 0 Å². The molecule has 0 radical (unpaired) electrons. The number of aromatic nitrogens is 2. The van der Waals surface area contributed by atoms with Gasteiger partial charge in [0.1, 0.15) is 11.4 Å². The molecule has 0 saturated carbocycles. The molecule has 0 spiro atoms. The molecule has 0 saturated heterocycles. The molecular formula is C18H21F3N6O2. The molecule has 0 aliphatic carbocycles. The van der Waals surface area contributed by atoms with Gasteiger partial charge < -0.3 is 20.9 Å². The largest absolute Gasteiger partial charge is 0.421 e. The van der Waals surface area contributed by atoms with Crippen LogP contribution in [0.1, 0.15) is 22.8 Å². The SMILES string of the molecule is CC(=O)NCCNc1nc(Nc2cccc(C(=O)N(C)C)c2)ncc1C(F)(F)F. The molecular weight excluding hydrogens is 389 g/mol. The molecule has 0 atom stereocenters. The Hall–Kier alpha value is -3.37. The number of halogens is 3. The highest BCUT2D eigenvalue weighted by Gasteiger charge is 2.35. The van der Waals surface area contributed by atoms with E-state index in [2.05, 4.69) is 25.9 Å². The summed E-state index contributed by atoms with van der Waals surface area (Å²) >= 11 is 0. The summed E-state index contributed by atoms with van der Waals surface area (Å²) < 4.78 is 39.6. The van der Waals surface area contributed by atoms with Gasteiger partial charge in [0.25, 0.3) is 5.91 Å². The van der Waals surface area contributed by atoms with Crippen LogP contribution < -0.4 is 16.0 Å². The number of hydrogen-bond donors (Lipinski definition) is 3. The average molecular weight is 410 g/mol. The number of rotatable bonds is 7. The molecule has 156 valence electrons. The van der Waals surface area contributed by atoms with Gasteiger partial charge in [0.2, 0.25) is 11.9 Å². The third-order valence-corrected chi connectivity index (χ3v) is 3.66. The predicted molar refractivity (Wildman–Crippen MR) is 102 cm³/mol. The Kier molecular flexibility index (Phi) is 6.97. The van der Waals surface area contributed by atoms with Gasteiger partial charge >= 0.3 is 6.18 Å². The van der Waals surface area contributed by atoms with E-state index < -0.39 is 17.6 Å². The highest BCUT2D eigenvalue weighted by Crippen LogP contribution is 2.34. The second kappa shape index (κ2) is 9.22. The van der Waals surface area contributed by atoms with E-state index in [4.69, 9.17) is 0 Å². The van der Waals surface area contributed by atoms with Gasteiger partial charge in [-0.3, -0.25) is 9.59 Å². The number of nitrogens with one attached hydrogen (secondary N) is 3. The molecule has 2 rings (SSSR count). The summed E-state index contributed by atoms with van der Waals surface area (Å²) in [6, 6.07) is 6.44. The van der Waals surface area contributed by atoms with Crippen molar-refractivity contribution in [3.63, 3.8) is 0 Å². The molecule has 3 N–H and O–H groups in total. The molecule has 29 heavy (non-hydrogen) atoms. The summed E-state index contributed by atoms with van der Waals surface area (Å²) in [6.45, 7) is 1.49. The first kappa shape index (κ1) is 21.9. The maximum absolute atomic E-state index is 13.2. The number of benzene rings is 1. The van der Waals surface area contributed by atoms with Gasteiger partial charge in [0.05, 0.1) is 0 Å². The maximum Gasteiger partial charge on any atom is 0.421 e. The first-order valence-electron chi connectivity index (χ1n) is 8.59. The summed E-state index contributed by atoms with van der Waals surface area (Å²) in [5.74, 6) is -1.00. The standard InChI is InChI=1S/C18H21F3N6O2/c1-11(28)22-7-8-23-15-14(18(19,20)21)10-24-17(26-15)25-13-6-4-5-12(9-13)16(29)27(2)3/h4-6,9-10H,7-8H2,1-3H3,(H,22,28)(H2,23,24,25,26). The Labute approximate surface area is 165 Å². The van der Waals surface area contributed by atoms with Crippen molar-refractivity contribution in [3.8, 4) is 0 Å². The van der Waals surface area contributed by atoms with Crippen LogP contribution in [0.25, 0.3) is 0 Å². The lowest BCUT2D eigenvalue weighted by Crippen LogP contribution is -2.27. The van der Waals surface area contributed by atoms with Crippen molar-refractivity contribution in [2.75, 3.05) is 37.8 Å². The fourth-order valence-corrected chi connectivity index (χ4v) is 2.32. The normalized spacial score (nSPS) is 11.0. The van der Waals surface area contributed by atoms with Crippen molar-refractivity contribution in [2.24, 2.45) is 0 Å². The van der Waals surface area contributed by atoms with Crippen LogP contribution in [0.15, 0.2) is 30.5 Å². The minimum absolute atomic E-state index is 0.0476. The third-order valence-electron chi connectivity index (χ3n) is 3.66. The monoisotopic (exact) mass is 410 g/mol. The van der Waals surface area contributed by atoms with Crippen molar-refractivity contribution in [1.82, 2.24) is 20.2 Å². The molecule has 1 aromatic carbocycles. The number of carbonyl (C=O) groups is 2. The van der Waals surface area contributed by atoms with E-state index in [9.17, 15) is 22.8 Å². The molecule has 2 amide bonds. The van der Waals surface area contributed by atoms with Gasteiger partial charge in [0.15, 0.2) is 0 Å². The summed E-state index contributed by atoms with van der Waals surface area (Å²) in [7, 11) is 3.22. The molecule has 2 aromatic rings. The lowest BCUT2D eigenvalue weighted by atomic mass is 10.2. The number of anilines is 3. The van der Waals surface area contributed by atoms with Crippen LogP contribution in [0, 0.1) is 0 Å². The Balaban J connectivity index is 2.23. The Morgan fingerprint density at radius 3 is 2.52 bits per heavy atom. The second-order valence-corrected chi connectivity index (χ2v) is 6.27. The highest BCUT2D eigenvalue weighted by molar-refractivity contribution is 5.94. The lowest BCUT2D eigenvalue weighted by molar-refractivity contribution is -0.137. The van der Waals surface area contributed by atoms with Crippen molar-refractivity contribution in [3.05, 3.63) is 41.6 Å². The van der Waals surface area contributed by atoms with Crippen molar-refractivity contribution in [1.29, 1.82) is 0 Å². The second-order valence-electron chi connectivity index (χ2n) is 6.27. The highest BCUT2D eigenvalue weighted by atomic mass is 19.4. The van der Waals surface area contributed by atoms with Crippen molar-refractivity contribution < 1.29 is 22.8 Å². The van der Waals surface area contributed by atoms with Gasteiger partial charge in [-0.25, -0.2) is 4.98 Å². The molecule has 0 unspecified atom stereocenters. The lowest BCUT2D eigenvalue weighted by Gasteiger charge is -2.15. The average Bonchev–Trinajstić information content (AvgIpc) is 2.64. The summed E-state index contributed by atoms with van der Waals surface area (Å²) in [5, 5.41) is 7.83. The van der Waals surface area contributed by atoms with Gasteiger partial charge in [0, 0.05) is 51.6 Å². The van der Waals surface area contributed by atoms with Crippen LogP contribution in [-0.2, 0) is 11.0 Å². The molecule has 0 fully saturated rings. The van der Waals surface area contributed by atoms with Crippen LogP contribution in [-0.4, -0.2) is 53.9 Å². The van der Waals surface area contributed by atoms with Gasteiger partial charge in [-0.15, -0.1) is 0 Å². The number of nitrogens with zero attached hydrogens (tertiary/aromatic N) is 3.